The zero-order chi connectivity index (χ0) is 14.3. The lowest BCUT2D eigenvalue weighted by atomic mass is 9.83. The number of hydrogen-bond acceptors (Lipinski definition) is 3. The second kappa shape index (κ2) is 7.20. The van der Waals surface area contributed by atoms with E-state index in [0.29, 0.717) is 6.61 Å². The fourth-order valence-electron chi connectivity index (χ4n) is 2.14. The van der Waals surface area contributed by atoms with Gasteiger partial charge in [-0.2, -0.15) is 0 Å². The van der Waals surface area contributed by atoms with Gasteiger partial charge in [0.25, 0.3) is 0 Å². The molecular weight excluding hydrogens is 252 g/mol. The van der Waals surface area contributed by atoms with Gasteiger partial charge in [-0.15, -0.1) is 0 Å². The summed E-state index contributed by atoms with van der Waals surface area (Å²) in [6.07, 6.45) is 0. The van der Waals surface area contributed by atoms with Crippen LogP contribution in [0.25, 0.3) is 0 Å². The first kappa shape index (κ1) is 14.7. The van der Waals surface area contributed by atoms with Crippen molar-refractivity contribution in [2.24, 2.45) is 0 Å². The highest BCUT2D eigenvalue weighted by atomic mass is 16.5. The smallest absolute Gasteiger partial charge is 0.0717 e. The number of ether oxygens (including phenoxy) is 1. The van der Waals surface area contributed by atoms with Crippen molar-refractivity contribution in [2.75, 3.05) is 19.8 Å². The Bertz CT molecular complexity index is 492. The Hall–Kier alpha value is -1.68. The van der Waals surface area contributed by atoms with Crippen molar-refractivity contribution in [1.29, 1.82) is 0 Å². The van der Waals surface area contributed by atoms with E-state index in [9.17, 15) is 10.2 Å². The van der Waals surface area contributed by atoms with E-state index >= 15 is 0 Å². The van der Waals surface area contributed by atoms with Gasteiger partial charge in [0.15, 0.2) is 0 Å². The van der Waals surface area contributed by atoms with E-state index in [4.69, 9.17) is 4.74 Å². The van der Waals surface area contributed by atoms with Crippen LogP contribution in [0.5, 0.6) is 0 Å². The van der Waals surface area contributed by atoms with Crippen LogP contribution < -0.4 is 0 Å². The third-order valence-corrected chi connectivity index (χ3v) is 3.48. The summed E-state index contributed by atoms with van der Waals surface area (Å²) in [7, 11) is 0. The zero-order valence-electron chi connectivity index (χ0n) is 11.4. The predicted molar refractivity (Wildman–Crippen MR) is 78.4 cm³/mol. The average Bonchev–Trinajstić information content (AvgIpc) is 2.54. The molecular formula is C17H20O3. The summed E-state index contributed by atoms with van der Waals surface area (Å²) in [6, 6.07) is 19.4. The van der Waals surface area contributed by atoms with Crippen LogP contribution in [-0.4, -0.2) is 30.0 Å². The van der Waals surface area contributed by atoms with Crippen LogP contribution in [-0.2, 0) is 16.8 Å². The van der Waals surface area contributed by atoms with Crippen molar-refractivity contribution in [2.45, 2.75) is 12.0 Å². The van der Waals surface area contributed by atoms with Crippen LogP contribution in [0, 0.1) is 0 Å². The highest BCUT2D eigenvalue weighted by molar-refractivity contribution is 5.26. The molecule has 0 aliphatic heterocycles. The number of aliphatic hydroxyl groups is 2. The molecule has 2 N–H and O–H groups in total. The van der Waals surface area contributed by atoms with Gasteiger partial charge < -0.3 is 14.9 Å². The summed E-state index contributed by atoms with van der Waals surface area (Å²) in [5.41, 5.74) is 1.21. The molecule has 0 aliphatic rings. The molecule has 3 nitrogen and oxygen atoms in total. The Morgan fingerprint density at radius 3 is 1.90 bits per heavy atom. The Labute approximate surface area is 119 Å². The van der Waals surface area contributed by atoms with Gasteiger partial charge in [0, 0.05) is 0 Å². The molecule has 2 aromatic carbocycles. The van der Waals surface area contributed by atoms with Crippen molar-refractivity contribution in [3.63, 3.8) is 0 Å². The van der Waals surface area contributed by atoms with E-state index in [1.165, 1.54) is 0 Å². The lowest BCUT2D eigenvalue weighted by Crippen LogP contribution is -2.39. The van der Waals surface area contributed by atoms with Gasteiger partial charge in [-0.3, -0.25) is 0 Å². The molecule has 0 atom stereocenters. The van der Waals surface area contributed by atoms with Crippen LogP contribution in [0.4, 0.5) is 0 Å². The monoisotopic (exact) mass is 272 g/mol. The molecule has 0 amide bonds. The molecule has 0 radical (unpaired) electrons. The molecule has 2 rings (SSSR count). The van der Waals surface area contributed by atoms with Crippen molar-refractivity contribution in [3.05, 3.63) is 71.8 Å². The molecule has 0 saturated heterocycles. The van der Waals surface area contributed by atoms with Gasteiger partial charge in [-0.25, -0.2) is 0 Å². The number of aliphatic hydroxyl groups excluding tert-OH is 2. The minimum Gasteiger partial charge on any atom is -0.395 e. The number of rotatable bonds is 7. The van der Waals surface area contributed by atoms with E-state index in [1.54, 1.807) is 0 Å². The predicted octanol–water partition coefficient (Wildman–Crippen LogP) is 2.13. The summed E-state index contributed by atoms with van der Waals surface area (Å²) in [4.78, 5) is 0. The summed E-state index contributed by atoms with van der Waals surface area (Å²) < 4.78 is 5.70. The molecule has 0 aliphatic carbocycles. The normalized spacial score (nSPS) is 11.5. The molecule has 0 bridgehead atoms. The molecule has 0 saturated carbocycles. The second-order valence-corrected chi connectivity index (χ2v) is 4.94. The summed E-state index contributed by atoms with van der Waals surface area (Å²) >= 11 is 0. The largest absolute Gasteiger partial charge is 0.395 e. The lowest BCUT2D eigenvalue weighted by Gasteiger charge is -2.30. The standard InChI is InChI=1S/C17H20O3/c18-12-17(13-19,16-9-5-2-6-10-16)14-20-11-15-7-3-1-4-8-15/h1-10,18-19H,11-14H2. The maximum Gasteiger partial charge on any atom is 0.0717 e. The number of benzene rings is 2. The summed E-state index contributed by atoms with van der Waals surface area (Å²) in [6.45, 7) is 0.443. The molecule has 2 aromatic rings. The highest BCUT2D eigenvalue weighted by Gasteiger charge is 2.31. The molecule has 20 heavy (non-hydrogen) atoms. The third-order valence-electron chi connectivity index (χ3n) is 3.48. The minimum absolute atomic E-state index is 0.150. The van der Waals surface area contributed by atoms with E-state index in [-0.39, 0.29) is 19.8 Å². The average molecular weight is 272 g/mol. The molecule has 3 heteroatoms. The third kappa shape index (κ3) is 3.45. The lowest BCUT2D eigenvalue weighted by molar-refractivity contribution is 0.0131. The fraction of sp³-hybridized carbons (Fsp3) is 0.294. The second-order valence-electron chi connectivity index (χ2n) is 4.94. The maximum absolute atomic E-state index is 9.69. The van der Waals surface area contributed by atoms with Gasteiger partial charge in [0.2, 0.25) is 0 Å². The molecule has 0 unspecified atom stereocenters. The highest BCUT2D eigenvalue weighted by Crippen LogP contribution is 2.24. The van der Waals surface area contributed by atoms with E-state index in [0.717, 1.165) is 11.1 Å². The van der Waals surface area contributed by atoms with Gasteiger partial charge in [0.05, 0.1) is 31.8 Å². The van der Waals surface area contributed by atoms with Gasteiger partial charge >= 0.3 is 0 Å². The Morgan fingerprint density at radius 2 is 1.35 bits per heavy atom. The Kier molecular flexibility index (Phi) is 5.30. The number of hydrogen-bond donors (Lipinski definition) is 2. The van der Waals surface area contributed by atoms with Crippen molar-refractivity contribution >= 4 is 0 Å². The van der Waals surface area contributed by atoms with E-state index < -0.39 is 5.41 Å². The maximum atomic E-state index is 9.69. The van der Waals surface area contributed by atoms with Crippen molar-refractivity contribution in [3.8, 4) is 0 Å². The van der Waals surface area contributed by atoms with E-state index in [2.05, 4.69) is 0 Å². The Balaban J connectivity index is 2.03. The first-order valence-corrected chi connectivity index (χ1v) is 6.70. The van der Waals surface area contributed by atoms with Crippen LogP contribution in [0.1, 0.15) is 11.1 Å². The molecule has 0 spiro atoms. The van der Waals surface area contributed by atoms with Gasteiger partial charge in [-0.05, 0) is 11.1 Å². The first-order valence-electron chi connectivity index (χ1n) is 6.70. The van der Waals surface area contributed by atoms with Crippen LogP contribution in [0.3, 0.4) is 0 Å². The molecule has 0 aromatic heterocycles. The quantitative estimate of drug-likeness (QED) is 0.812. The van der Waals surface area contributed by atoms with Gasteiger partial charge in [-0.1, -0.05) is 60.7 Å². The minimum atomic E-state index is -0.754. The Morgan fingerprint density at radius 1 is 0.800 bits per heavy atom. The fourth-order valence-corrected chi connectivity index (χ4v) is 2.14. The van der Waals surface area contributed by atoms with Crippen LogP contribution in [0.15, 0.2) is 60.7 Å². The molecule has 0 fully saturated rings. The van der Waals surface area contributed by atoms with Crippen LogP contribution >= 0.6 is 0 Å². The van der Waals surface area contributed by atoms with Crippen molar-refractivity contribution < 1.29 is 14.9 Å². The van der Waals surface area contributed by atoms with Crippen molar-refractivity contribution in [1.82, 2.24) is 0 Å². The van der Waals surface area contributed by atoms with Gasteiger partial charge in [0.1, 0.15) is 0 Å². The topological polar surface area (TPSA) is 49.7 Å². The van der Waals surface area contributed by atoms with E-state index in [1.807, 2.05) is 60.7 Å². The zero-order valence-corrected chi connectivity index (χ0v) is 11.4. The first-order chi connectivity index (χ1) is 9.80. The van der Waals surface area contributed by atoms with Crippen LogP contribution in [0.2, 0.25) is 0 Å². The summed E-state index contributed by atoms with van der Waals surface area (Å²) in [5, 5.41) is 19.4. The molecule has 0 heterocycles. The SMILES string of the molecule is OCC(CO)(COCc1ccccc1)c1ccccc1. The summed E-state index contributed by atoms with van der Waals surface area (Å²) in [5.74, 6) is 0. The molecule has 106 valence electrons.